The van der Waals surface area contributed by atoms with Crippen LogP contribution in [0, 0.1) is 0 Å². The van der Waals surface area contributed by atoms with Gasteiger partial charge in [0, 0.05) is 21.5 Å². The van der Waals surface area contributed by atoms with Gasteiger partial charge < -0.3 is 8.83 Å². The summed E-state index contributed by atoms with van der Waals surface area (Å²) in [6.45, 7) is 4.57. The van der Waals surface area contributed by atoms with Crippen molar-refractivity contribution in [3.8, 4) is 0 Å². The molecule has 0 N–H and O–H groups in total. The number of hydrogen-bond acceptors (Lipinski definition) is 2. The molecular formula is C44H50O2. The van der Waals surface area contributed by atoms with Gasteiger partial charge in [-0.3, -0.25) is 0 Å². The third-order valence-corrected chi connectivity index (χ3v) is 10.2. The molecule has 0 aliphatic carbocycles. The summed E-state index contributed by atoms with van der Waals surface area (Å²) in [5.74, 6) is 0. The summed E-state index contributed by atoms with van der Waals surface area (Å²) < 4.78 is 13.0. The highest BCUT2D eigenvalue weighted by Crippen LogP contribution is 2.39. The molecule has 0 amide bonds. The van der Waals surface area contributed by atoms with Gasteiger partial charge in [-0.2, -0.15) is 0 Å². The van der Waals surface area contributed by atoms with Gasteiger partial charge in [0.15, 0.2) is 0 Å². The molecule has 46 heavy (non-hydrogen) atoms. The van der Waals surface area contributed by atoms with Crippen molar-refractivity contribution >= 4 is 65.4 Å². The summed E-state index contributed by atoms with van der Waals surface area (Å²) in [7, 11) is 0. The Bertz CT molecular complexity index is 1940. The predicted octanol–water partition coefficient (Wildman–Crippen LogP) is 14.4. The third kappa shape index (κ3) is 6.68. The van der Waals surface area contributed by atoms with Crippen molar-refractivity contribution in [1.82, 2.24) is 0 Å². The minimum atomic E-state index is 0.925. The van der Waals surface area contributed by atoms with Gasteiger partial charge in [-0.25, -0.2) is 0 Å². The van der Waals surface area contributed by atoms with Crippen LogP contribution in [0.1, 0.15) is 115 Å². The van der Waals surface area contributed by atoms with Crippen LogP contribution in [-0.2, 0) is 12.8 Å². The Hall–Kier alpha value is -3.78. The maximum atomic E-state index is 6.51. The predicted molar refractivity (Wildman–Crippen MR) is 199 cm³/mol. The van der Waals surface area contributed by atoms with Crippen molar-refractivity contribution in [2.45, 2.75) is 117 Å². The zero-order chi connectivity index (χ0) is 31.3. The van der Waals surface area contributed by atoms with E-state index in [4.69, 9.17) is 8.83 Å². The lowest BCUT2D eigenvalue weighted by Gasteiger charge is -2.05. The van der Waals surface area contributed by atoms with E-state index in [0.29, 0.717) is 0 Å². The molecule has 0 aliphatic heterocycles. The molecular weight excluding hydrogens is 560 g/mol. The van der Waals surface area contributed by atoms with Crippen LogP contribution in [0.4, 0.5) is 0 Å². The minimum Gasteiger partial charge on any atom is -0.456 e. The highest BCUT2D eigenvalue weighted by molar-refractivity contribution is 6.18. The van der Waals surface area contributed by atoms with Gasteiger partial charge in [0.05, 0.1) is 0 Å². The van der Waals surface area contributed by atoms with Crippen molar-refractivity contribution in [3.05, 3.63) is 83.9 Å². The summed E-state index contributed by atoms with van der Waals surface area (Å²) in [5, 5.41) is 9.62. The minimum absolute atomic E-state index is 0.925. The van der Waals surface area contributed by atoms with Gasteiger partial charge in [0.2, 0.25) is 0 Å². The Morgan fingerprint density at radius 1 is 0.348 bits per heavy atom. The van der Waals surface area contributed by atoms with Crippen LogP contribution in [-0.4, -0.2) is 0 Å². The molecule has 0 bridgehead atoms. The summed E-state index contributed by atoms with van der Waals surface area (Å²) in [6, 6.07) is 27.4. The maximum Gasteiger partial charge on any atom is 0.136 e. The largest absolute Gasteiger partial charge is 0.456 e. The zero-order valence-corrected chi connectivity index (χ0v) is 28.1. The van der Waals surface area contributed by atoms with Crippen molar-refractivity contribution < 1.29 is 8.83 Å². The summed E-state index contributed by atoms with van der Waals surface area (Å²) in [6.07, 6.45) is 21.2. The lowest BCUT2D eigenvalue weighted by atomic mass is 9.99. The van der Waals surface area contributed by atoms with E-state index < -0.39 is 0 Å². The molecule has 7 rings (SSSR count). The fraction of sp³-hybridized carbons (Fsp3) is 0.409. The molecule has 2 heteroatoms. The lowest BCUT2D eigenvalue weighted by Crippen LogP contribution is -1.87. The average Bonchev–Trinajstić information content (AvgIpc) is 3.59. The van der Waals surface area contributed by atoms with Gasteiger partial charge in [-0.05, 0) is 94.8 Å². The Morgan fingerprint density at radius 3 is 1.15 bits per heavy atom. The van der Waals surface area contributed by atoms with Crippen LogP contribution < -0.4 is 0 Å². The molecule has 7 aromatic rings. The number of furan rings is 2. The molecule has 0 spiro atoms. The first-order valence-corrected chi connectivity index (χ1v) is 18.4. The molecule has 0 radical (unpaired) electrons. The first-order chi connectivity index (χ1) is 22.7. The maximum absolute atomic E-state index is 6.51. The van der Waals surface area contributed by atoms with Gasteiger partial charge in [0.1, 0.15) is 22.3 Å². The average molecular weight is 611 g/mol. The molecule has 0 fully saturated rings. The van der Waals surface area contributed by atoms with Crippen LogP contribution in [0.15, 0.2) is 81.6 Å². The van der Waals surface area contributed by atoms with Crippen molar-refractivity contribution in [1.29, 1.82) is 0 Å². The van der Waals surface area contributed by atoms with Crippen molar-refractivity contribution in [2.24, 2.45) is 0 Å². The van der Waals surface area contributed by atoms with Crippen LogP contribution in [0.2, 0.25) is 0 Å². The molecule has 2 heterocycles. The van der Waals surface area contributed by atoms with Crippen LogP contribution in [0.5, 0.6) is 0 Å². The standard InChI is InChI=1S/C44H50O2/c1-3-5-7-9-11-13-15-17-31-19-21-33-25-37-39-29-44-40(30-43(39)45-41(37)27-35(33)23-31)38-26-34-22-20-32(24-36(34)28-42(38)46-44)18-16-14-12-10-8-6-4-2/h19-30H,3-18H2,1-2H3. The van der Waals surface area contributed by atoms with E-state index in [1.807, 2.05) is 0 Å². The number of unbranched alkanes of at least 4 members (excludes halogenated alkanes) is 12. The molecule has 0 saturated carbocycles. The molecule has 0 aliphatic rings. The molecule has 0 atom stereocenters. The zero-order valence-electron chi connectivity index (χ0n) is 28.1. The molecule has 0 saturated heterocycles. The monoisotopic (exact) mass is 610 g/mol. The number of rotatable bonds is 16. The van der Waals surface area contributed by atoms with Gasteiger partial charge in [0.25, 0.3) is 0 Å². The van der Waals surface area contributed by atoms with E-state index in [1.165, 1.54) is 123 Å². The number of hydrogen-bond donors (Lipinski definition) is 0. The fourth-order valence-electron chi connectivity index (χ4n) is 7.51. The second-order valence-electron chi connectivity index (χ2n) is 13.9. The van der Waals surface area contributed by atoms with Gasteiger partial charge >= 0.3 is 0 Å². The normalized spacial score (nSPS) is 12.2. The summed E-state index contributed by atoms with van der Waals surface area (Å²) >= 11 is 0. The van der Waals surface area contributed by atoms with E-state index in [1.54, 1.807) is 0 Å². The Balaban J connectivity index is 1.10. The molecule has 2 nitrogen and oxygen atoms in total. The highest BCUT2D eigenvalue weighted by Gasteiger charge is 2.15. The lowest BCUT2D eigenvalue weighted by molar-refractivity contribution is 0.589. The van der Waals surface area contributed by atoms with Crippen LogP contribution >= 0.6 is 0 Å². The Morgan fingerprint density at radius 2 is 0.717 bits per heavy atom. The second kappa shape index (κ2) is 14.3. The van der Waals surface area contributed by atoms with E-state index >= 15 is 0 Å². The summed E-state index contributed by atoms with van der Waals surface area (Å²) in [4.78, 5) is 0. The van der Waals surface area contributed by atoms with E-state index in [9.17, 15) is 0 Å². The molecule has 5 aromatic carbocycles. The third-order valence-electron chi connectivity index (χ3n) is 10.2. The number of fused-ring (bicyclic) bond motifs is 8. The van der Waals surface area contributed by atoms with E-state index in [0.717, 1.165) is 56.7 Å². The number of aryl methyl sites for hydroxylation is 2. The highest BCUT2D eigenvalue weighted by atomic mass is 16.3. The van der Waals surface area contributed by atoms with Crippen LogP contribution in [0.3, 0.4) is 0 Å². The number of benzene rings is 5. The van der Waals surface area contributed by atoms with Crippen LogP contribution in [0.25, 0.3) is 65.4 Å². The quantitative estimate of drug-likeness (QED) is 0.102. The SMILES string of the molecule is CCCCCCCCCc1ccc2cc3c(cc2c1)oc1cc2c(cc13)oc1cc3cc(CCCCCCCCC)ccc3cc12. The Kier molecular flexibility index (Phi) is 9.61. The smallest absolute Gasteiger partial charge is 0.136 e. The topological polar surface area (TPSA) is 26.3 Å². The van der Waals surface area contributed by atoms with Gasteiger partial charge in [-0.1, -0.05) is 127 Å². The first-order valence-electron chi connectivity index (χ1n) is 18.4. The summed E-state index contributed by atoms with van der Waals surface area (Å²) in [5.41, 5.74) is 6.61. The van der Waals surface area contributed by atoms with Crippen molar-refractivity contribution in [3.63, 3.8) is 0 Å². The Labute approximate surface area is 274 Å². The molecule has 0 unspecified atom stereocenters. The molecule has 238 valence electrons. The van der Waals surface area contributed by atoms with Crippen molar-refractivity contribution in [2.75, 3.05) is 0 Å². The fourth-order valence-corrected chi connectivity index (χ4v) is 7.51. The van der Waals surface area contributed by atoms with Gasteiger partial charge in [-0.15, -0.1) is 0 Å². The second-order valence-corrected chi connectivity index (χ2v) is 13.9. The first kappa shape index (κ1) is 30.9. The molecule has 2 aromatic heterocycles. The van der Waals surface area contributed by atoms with E-state index in [2.05, 4.69) is 86.6 Å². The van der Waals surface area contributed by atoms with E-state index in [-0.39, 0.29) is 0 Å².